The van der Waals surface area contributed by atoms with E-state index < -0.39 is 11.9 Å². The van der Waals surface area contributed by atoms with E-state index in [-0.39, 0.29) is 0 Å². The molecule has 0 bridgehead atoms. The second-order valence-electron chi connectivity index (χ2n) is 2.70. The number of hydrogen-bond donors (Lipinski definition) is 0. The second kappa shape index (κ2) is 4.37. The Labute approximate surface area is 93.9 Å². The van der Waals surface area contributed by atoms with Crippen molar-refractivity contribution in [3.05, 3.63) is 44.8 Å². The lowest BCUT2D eigenvalue weighted by Gasteiger charge is -1.98. The highest BCUT2D eigenvalue weighted by Crippen LogP contribution is 2.11. The Morgan fingerprint density at radius 2 is 1.40 bits per heavy atom. The zero-order valence-corrected chi connectivity index (χ0v) is 9.14. The Kier molecular flexibility index (Phi) is 2.94. The molecule has 2 rings (SSSR count). The molecule has 2 aromatic rings. The molecule has 0 amide bonds. The van der Waals surface area contributed by atoms with Gasteiger partial charge < -0.3 is 4.74 Å². The van der Waals surface area contributed by atoms with Crippen molar-refractivity contribution in [3.8, 4) is 0 Å². The summed E-state index contributed by atoms with van der Waals surface area (Å²) in [5.74, 6) is -1.21. The molecule has 0 radical (unpaired) electrons. The number of esters is 2. The van der Waals surface area contributed by atoms with Crippen molar-refractivity contribution in [2.75, 3.05) is 0 Å². The Morgan fingerprint density at radius 3 is 1.73 bits per heavy atom. The number of thiophene rings is 2. The van der Waals surface area contributed by atoms with Crippen molar-refractivity contribution in [2.45, 2.75) is 0 Å². The molecule has 2 heterocycles. The first-order valence-corrected chi connectivity index (χ1v) is 5.97. The number of rotatable bonds is 2. The van der Waals surface area contributed by atoms with Crippen molar-refractivity contribution in [2.24, 2.45) is 0 Å². The SMILES string of the molecule is O=C(OC(=O)c1ccsc1)c1ccsc1. The second-order valence-corrected chi connectivity index (χ2v) is 4.26. The molecule has 0 N–H and O–H groups in total. The summed E-state index contributed by atoms with van der Waals surface area (Å²) >= 11 is 2.76. The van der Waals surface area contributed by atoms with Crippen molar-refractivity contribution >= 4 is 34.6 Å². The molecule has 76 valence electrons. The summed E-state index contributed by atoms with van der Waals surface area (Å²) in [4.78, 5) is 22.8. The van der Waals surface area contributed by atoms with Gasteiger partial charge in [-0.3, -0.25) is 0 Å². The topological polar surface area (TPSA) is 43.4 Å². The van der Waals surface area contributed by atoms with Crippen LogP contribution in [0.5, 0.6) is 0 Å². The summed E-state index contributed by atoms with van der Waals surface area (Å²) < 4.78 is 4.67. The first-order valence-electron chi connectivity index (χ1n) is 4.08. The summed E-state index contributed by atoms with van der Waals surface area (Å²) in [6, 6.07) is 3.24. The van der Waals surface area contributed by atoms with Gasteiger partial charge in [-0.25, -0.2) is 9.59 Å². The highest BCUT2D eigenvalue weighted by Gasteiger charge is 2.14. The molecule has 0 spiro atoms. The van der Waals surface area contributed by atoms with Crippen molar-refractivity contribution < 1.29 is 14.3 Å². The van der Waals surface area contributed by atoms with Gasteiger partial charge in [0.15, 0.2) is 0 Å². The third kappa shape index (κ3) is 2.31. The van der Waals surface area contributed by atoms with Crippen LogP contribution in [0.15, 0.2) is 33.7 Å². The molecule has 0 saturated carbocycles. The predicted octanol–water partition coefficient (Wildman–Crippen LogP) is 2.81. The van der Waals surface area contributed by atoms with Crippen LogP contribution in [-0.2, 0) is 4.74 Å². The van der Waals surface area contributed by atoms with Gasteiger partial charge in [0.1, 0.15) is 0 Å². The molecule has 0 fully saturated rings. The van der Waals surface area contributed by atoms with E-state index >= 15 is 0 Å². The highest BCUT2D eigenvalue weighted by atomic mass is 32.1. The van der Waals surface area contributed by atoms with Gasteiger partial charge in [0, 0.05) is 10.8 Å². The first kappa shape index (κ1) is 10.1. The number of carbonyl (C=O) groups excluding carboxylic acids is 2. The minimum atomic E-state index is -0.604. The van der Waals surface area contributed by atoms with E-state index in [1.54, 1.807) is 33.7 Å². The Balaban J connectivity index is 2.04. The van der Waals surface area contributed by atoms with Crippen LogP contribution in [0, 0.1) is 0 Å². The van der Waals surface area contributed by atoms with Gasteiger partial charge >= 0.3 is 11.9 Å². The molecule has 3 nitrogen and oxygen atoms in total. The van der Waals surface area contributed by atoms with Gasteiger partial charge in [-0.2, -0.15) is 22.7 Å². The predicted molar refractivity (Wildman–Crippen MR) is 58.4 cm³/mol. The van der Waals surface area contributed by atoms with Crippen molar-refractivity contribution in [1.29, 1.82) is 0 Å². The minimum Gasteiger partial charge on any atom is -0.386 e. The standard InChI is InChI=1S/C10H6O3S2/c11-9(7-1-3-14-5-7)13-10(12)8-2-4-15-6-8/h1-6H. The van der Waals surface area contributed by atoms with Crippen LogP contribution in [0.25, 0.3) is 0 Å². The Bertz CT molecular complexity index is 413. The lowest BCUT2D eigenvalue weighted by molar-refractivity contribution is 0.0398. The Hall–Kier alpha value is -1.46. The maximum atomic E-state index is 11.4. The number of carbonyl (C=O) groups is 2. The average molecular weight is 238 g/mol. The number of hydrogen-bond acceptors (Lipinski definition) is 5. The van der Waals surface area contributed by atoms with E-state index in [2.05, 4.69) is 4.74 Å². The van der Waals surface area contributed by atoms with E-state index in [9.17, 15) is 9.59 Å². The van der Waals surface area contributed by atoms with Gasteiger partial charge in [-0.05, 0) is 22.9 Å². The van der Waals surface area contributed by atoms with Crippen LogP contribution < -0.4 is 0 Å². The molecule has 5 heteroatoms. The molecule has 0 aliphatic heterocycles. The summed E-state index contributed by atoms with van der Waals surface area (Å²) in [6.45, 7) is 0. The van der Waals surface area contributed by atoms with Crippen molar-refractivity contribution in [3.63, 3.8) is 0 Å². The van der Waals surface area contributed by atoms with Gasteiger partial charge in [0.25, 0.3) is 0 Å². The van der Waals surface area contributed by atoms with Crippen LogP contribution in [-0.4, -0.2) is 11.9 Å². The third-order valence-electron chi connectivity index (χ3n) is 1.70. The van der Waals surface area contributed by atoms with E-state index in [1.165, 1.54) is 22.7 Å². The van der Waals surface area contributed by atoms with E-state index in [4.69, 9.17) is 0 Å². The molecule has 0 atom stereocenters. The molecule has 0 aliphatic rings. The zero-order chi connectivity index (χ0) is 10.7. The summed E-state index contributed by atoms with van der Waals surface area (Å²) in [6.07, 6.45) is 0. The first-order chi connectivity index (χ1) is 7.27. The van der Waals surface area contributed by atoms with Gasteiger partial charge in [0.05, 0.1) is 11.1 Å². The zero-order valence-electron chi connectivity index (χ0n) is 7.51. The molecular weight excluding hydrogens is 232 g/mol. The minimum absolute atomic E-state index is 0.406. The van der Waals surface area contributed by atoms with Crippen LogP contribution in [0.1, 0.15) is 20.7 Å². The fraction of sp³-hybridized carbons (Fsp3) is 0. The monoisotopic (exact) mass is 238 g/mol. The molecule has 15 heavy (non-hydrogen) atoms. The van der Waals surface area contributed by atoms with Crippen LogP contribution in [0.2, 0.25) is 0 Å². The quantitative estimate of drug-likeness (QED) is 0.597. The lowest BCUT2D eigenvalue weighted by Crippen LogP contribution is -2.11. The number of ether oxygens (including phenoxy) is 1. The summed E-state index contributed by atoms with van der Waals surface area (Å²) in [7, 11) is 0. The van der Waals surface area contributed by atoms with Crippen LogP contribution >= 0.6 is 22.7 Å². The van der Waals surface area contributed by atoms with Gasteiger partial charge in [-0.1, -0.05) is 0 Å². The van der Waals surface area contributed by atoms with Crippen molar-refractivity contribution in [1.82, 2.24) is 0 Å². The van der Waals surface area contributed by atoms with E-state index in [0.717, 1.165) is 0 Å². The maximum absolute atomic E-state index is 11.4. The largest absolute Gasteiger partial charge is 0.386 e. The third-order valence-corrected chi connectivity index (χ3v) is 3.07. The molecule has 0 aliphatic carbocycles. The van der Waals surface area contributed by atoms with E-state index in [0.29, 0.717) is 11.1 Å². The molecular formula is C10H6O3S2. The fourth-order valence-electron chi connectivity index (χ4n) is 0.963. The van der Waals surface area contributed by atoms with Gasteiger partial charge in [-0.15, -0.1) is 0 Å². The van der Waals surface area contributed by atoms with Crippen LogP contribution in [0.4, 0.5) is 0 Å². The smallest absolute Gasteiger partial charge is 0.346 e. The molecule has 2 aromatic heterocycles. The lowest BCUT2D eigenvalue weighted by atomic mass is 10.3. The molecule has 0 aromatic carbocycles. The highest BCUT2D eigenvalue weighted by molar-refractivity contribution is 7.08. The summed E-state index contributed by atoms with van der Waals surface area (Å²) in [5, 5.41) is 6.80. The summed E-state index contributed by atoms with van der Waals surface area (Å²) in [5.41, 5.74) is 0.812. The maximum Gasteiger partial charge on any atom is 0.346 e. The molecule has 0 unspecified atom stereocenters. The average Bonchev–Trinajstić information content (AvgIpc) is 2.91. The van der Waals surface area contributed by atoms with E-state index in [1.807, 2.05) is 0 Å². The Morgan fingerprint density at radius 1 is 0.933 bits per heavy atom. The molecule has 0 saturated heterocycles. The van der Waals surface area contributed by atoms with Gasteiger partial charge in [0.2, 0.25) is 0 Å². The van der Waals surface area contributed by atoms with Crippen LogP contribution in [0.3, 0.4) is 0 Å². The fourth-order valence-corrected chi connectivity index (χ4v) is 2.21. The normalized spacial score (nSPS) is 9.87.